The Labute approximate surface area is 113 Å². The van der Waals surface area contributed by atoms with E-state index in [1.54, 1.807) is 25.1 Å². The van der Waals surface area contributed by atoms with Gasteiger partial charge in [0.2, 0.25) is 0 Å². The Balaban J connectivity index is 2.76. The third-order valence-electron chi connectivity index (χ3n) is 2.69. The molecule has 1 aromatic heterocycles. The topological polar surface area (TPSA) is 39.2 Å². The number of aromatic nitrogens is 1. The van der Waals surface area contributed by atoms with E-state index in [4.69, 9.17) is 4.74 Å². The van der Waals surface area contributed by atoms with Gasteiger partial charge in [-0.05, 0) is 19.1 Å². The van der Waals surface area contributed by atoms with E-state index in [1.807, 2.05) is 13.8 Å². The van der Waals surface area contributed by atoms with Gasteiger partial charge in [-0.25, -0.2) is 0 Å². The predicted molar refractivity (Wildman–Crippen MR) is 76.6 cm³/mol. The first-order valence-electron chi connectivity index (χ1n) is 6.08. The first-order chi connectivity index (χ1) is 8.45. The van der Waals surface area contributed by atoms with Crippen LogP contribution in [0.25, 0.3) is 0 Å². The number of Topliss-reactive ketones (excluding diaryl/α,β-unsaturated/α-hetero) is 1. The van der Waals surface area contributed by atoms with Crippen LogP contribution in [0.4, 0.5) is 0 Å². The standard InChI is InChI=1S/C14H21NO2S/c1-9(2)18-8-12(16)6-13-11(4)14(17-5)10(3)7-15-13/h7,9H,6,8H2,1-5H3. The molecule has 0 saturated heterocycles. The number of rotatable bonds is 6. The van der Waals surface area contributed by atoms with Gasteiger partial charge in [0.05, 0.1) is 18.6 Å². The summed E-state index contributed by atoms with van der Waals surface area (Å²) in [6, 6.07) is 0. The summed E-state index contributed by atoms with van der Waals surface area (Å²) in [5.74, 6) is 1.61. The fraction of sp³-hybridized carbons (Fsp3) is 0.571. The Morgan fingerprint density at radius 1 is 1.44 bits per heavy atom. The average Bonchev–Trinajstić information content (AvgIpc) is 2.31. The fourth-order valence-corrected chi connectivity index (χ4v) is 2.37. The van der Waals surface area contributed by atoms with Gasteiger partial charge in [0, 0.05) is 23.7 Å². The minimum Gasteiger partial charge on any atom is -0.496 e. The van der Waals surface area contributed by atoms with E-state index in [-0.39, 0.29) is 5.78 Å². The molecule has 0 radical (unpaired) electrons. The number of aryl methyl sites for hydroxylation is 1. The Morgan fingerprint density at radius 3 is 2.67 bits per heavy atom. The molecule has 0 aliphatic rings. The van der Waals surface area contributed by atoms with Crippen molar-refractivity contribution < 1.29 is 9.53 Å². The molecular weight excluding hydrogens is 246 g/mol. The van der Waals surface area contributed by atoms with Crippen molar-refractivity contribution in [1.82, 2.24) is 4.98 Å². The van der Waals surface area contributed by atoms with E-state index in [0.717, 1.165) is 22.6 Å². The van der Waals surface area contributed by atoms with Gasteiger partial charge in [-0.1, -0.05) is 13.8 Å². The maximum Gasteiger partial charge on any atom is 0.148 e. The van der Waals surface area contributed by atoms with Crippen molar-refractivity contribution in [2.75, 3.05) is 12.9 Å². The largest absolute Gasteiger partial charge is 0.496 e. The highest BCUT2D eigenvalue weighted by Crippen LogP contribution is 2.24. The highest BCUT2D eigenvalue weighted by atomic mass is 32.2. The summed E-state index contributed by atoms with van der Waals surface area (Å²) in [4.78, 5) is 16.2. The summed E-state index contributed by atoms with van der Waals surface area (Å²) in [6.07, 6.45) is 2.16. The number of pyridine rings is 1. The summed E-state index contributed by atoms with van der Waals surface area (Å²) >= 11 is 1.67. The van der Waals surface area contributed by atoms with Crippen LogP contribution in [-0.2, 0) is 11.2 Å². The fourth-order valence-electron chi connectivity index (χ4n) is 1.75. The van der Waals surface area contributed by atoms with Gasteiger partial charge >= 0.3 is 0 Å². The van der Waals surface area contributed by atoms with E-state index in [0.29, 0.717) is 17.4 Å². The van der Waals surface area contributed by atoms with Crippen LogP contribution in [0.2, 0.25) is 0 Å². The number of carbonyl (C=O) groups is 1. The van der Waals surface area contributed by atoms with Crippen LogP contribution in [0, 0.1) is 13.8 Å². The quantitative estimate of drug-likeness (QED) is 0.794. The van der Waals surface area contributed by atoms with Gasteiger partial charge in [-0.2, -0.15) is 11.8 Å². The van der Waals surface area contributed by atoms with Crippen LogP contribution in [-0.4, -0.2) is 28.9 Å². The molecule has 0 unspecified atom stereocenters. The molecule has 1 rings (SSSR count). The maximum absolute atomic E-state index is 11.9. The van der Waals surface area contributed by atoms with Gasteiger partial charge in [0.15, 0.2) is 0 Å². The van der Waals surface area contributed by atoms with Crippen LogP contribution in [0.5, 0.6) is 5.75 Å². The van der Waals surface area contributed by atoms with Crippen LogP contribution in [0.15, 0.2) is 6.20 Å². The first-order valence-corrected chi connectivity index (χ1v) is 7.13. The second kappa shape index (κ2) is 6.78. The lowest BCUT2D eigenvalue weighted by molar-refractivity contribution is -0.116. The SMILES string of the molecule is COc1c(C)cnc(CC(=O)CSC(C)C)c1C. The zero-order chi connectivity index (χ0) is 13.7. The molecule has 3 nitrogen and oxygen atoms in total. The smallest absolute Gasteiger partial charge is 0.148 e. The van der Waals surface area contributed by atoms with Crippen molar-refractivity contribution in [3.63, 3.8) is 0 Å². The van der Waals surface area contributed by atoms with Crippen LogP contribution in [0.3, 0.4) is 0 Å². The molecule has 0 fully saturated rings. The van der Waals surface area contributed by atoms with E-state index >= 15 is 0 Å². The highest BCUT2D eigenvalue weighted by Gasteiger charge is 2.13. The van der Waals surface area contributed by atoms with Crippen molar-refractivity contribution in [1.29, 1.82) is 0 Å². The third kappa shape index (κ3) is 4.02. The predicted octanol–water partition coefficient (Wildman–Crippen LogP) is 2.96. The molecule has 0 aliphatic carbocycles. The first kappa shape index (κ1) is 15.0. The van der Waals surface area contributed by atoms with E-state index in [1.165, 1.54) is 0 Å². The Hall–Kier alpha value is -1.03. The number of hydrogen-bond acceptors (Lipinski definition) is 4. The number of ether oxygens (including phenoxy) is 1. The van der Waals surface area contributed by atoms with Crippen LogP contribution in [0.1, 0.15) is 30.7 Å². The number of methoxy groups -OCH3 is 1. The van der Waals surface area contributed by atoms with Crippen molar-refractivity contribution >= 4 is 17.5 Å². The van der Waals surface area contributed by atoms with E-state index < -0.39 is 0 Å². The summed E-state index contributed by atoms with van der Waals surface area (Å²) in [5, 5.41) is 0.482. The molecule has 4 heteroatoms. The second-order valence-electron chi connectivity index (χ2n) is 4.62. The molecule has 1 heterocycles. The van der Waals surface area contributed by atoms with Crippen LogP contribution >= 0.6 is 11.8 Å². The highest BCUT2D eigenvalue weighted by molar-refractivity contribution is 8.00. The summed E-state index contributed by atoms with van der Waals surface area (Å²) in [7, 11) is 1.65. The molecule has 0 amide bonds. The maximum atomic E-state index is 11.9. The molecule has 0 spiro atoms. The molecule has 0 N–H and O–H groups in total. The number of nitrogens with zero attached hydrogens (tertiary/aromatic N) is 1. The minimum atomic E-state index is 0.218. The van der Waals surface area contributed by atoms with E-state index in [9.17, 15) is 4.79 Å². The van der Waals surface area contributed by atoms with Gasteiger partial charge in [-0.3, -0.25) is 9.78 Å². The minimum absolute atomic E-state index is 0.218. The van der Waals surface area contributed by atoms with Gasteiger partial charge in [0.25, 0.3) is 0 Å². The molecule has 0 aromatic carbocycles. The summed E-state index contributed by atoms with van der Waals surface area (Å²) < 4.78 is 5.34. The van der Waals surface area contributed by atoms with Gasteiger partial charge in [0.1, 0.15) is 11.5 Å². The Bertz CT molecular complexity index is 430. The molecule has 0 saturated carbocycles. The molecular formula is C14H21NO2S. The number of ketones is 1. The molecule has 100 valence electrons. The van der Waals surface area contributed by atoms with E-state index in [2.05, 4.69) is 18.8 Å². The summed E-state index contributed by atoms with van der Waals surface area (Å²) in [5.41, 5.74) is 2.80. The molecule has 1 aromatic rings. The van der Waals surface area contributed by atoms with Crippen molar-refractivity contribution in [2.45, 2.75) is 39.4 Å². The van der Waals surface area contributed by atoms with Crippen LogP contribution < -0.4 is 4.74 Å². The average molecular weight is 267 g/mol. The number of carbonyl (C=O) groups excluding carboxylic acids is 1. The molecule has 0 atom stereocenters. The summed E-state index contributed by atoms with van der Waals surface area (Å²) in [6.45, 7) is 8.10. The van der Waals surface area contributed by atoms with Crippen molar-refractivity contribution in [2.24, 2.45) is 0 Å². The lowest BCUT2D eigenvalue weighted by Crippen LogP contribution is -2.11. The van der Waals surface area contributed by atoms with Gasteiger partial charge < -0.3 is 4.74 Å². The molecule has 18 heavy (non-hydrogen) atoms. The zero-order valence-electron chi connectivity index (χ0n) is 11.7. The van der Waals surface area contributed by atoms with Crippen molar-refractivity contribution in [3.8, 4) is 5.75 Å². The van der Waals surface area contributed by atoms with Crippen molar-refractivity contribution in [3.05, 3.63) is 23.0 Å². The number of hydrogen-bond donors (Lipinski definition) is 0. The monoisotopic (exact) mass is 267 g/mol. The lowest BCUT2D eigenvalue weighted by atomic mass is 10.1. The van der Waals surface area contributed by atoms with Gasteiger partial charge in [-0.15, -0.1) is 0 Å². The third-order valence-corrected chi connectivity index (χ3v) is 3.85. The molecule has 0 aliphatic heterocycles. The Kier molecular flexibility index (Phi) is 5.66. The second-order valence-corrected chi connectivity index (χ2v) is 6.19. The zero-order valence-corrected chi connectivity index (χ0v) is 12.6. The Morgan fingerprint density at radius 2 is 2.11 bits per heavy atom. The lowest BCUT2D eigenvalue weighted by Gasteiger charge is -2.12. The number of thioether (sulfide) groups is 1. The normalized spacial score (nSPS) is 10.8. The molecule has 0 bridgehead atoms.